The Morgan fingerprint density at radius 3 is 2.42 bits per heavy atom. The molecule has 0 heterocycles. The maximum absolute atomic E-state index is 10.4. The lowest BCUT2D eigenvalue weighted by atomic mass is 9.77. The maximum Gasteiger partial charge on any atom is 0.0761 e. The number of rotatable bonds is 3. The van der Waals surface area contributed by atoms with Gasteiger partial charge >= 0.3 is 0 Å². The molecule has 3 N–H and O–H groups in total. The molecule has 100 valence electrons. The monoisotopic (exact) mass is 255 g/mol. The molecule has 0 aromatic heterocycles. The van der Waals surface area contributed by atoms with Gasteiger partial charge in [0.2, 0.25) is 0 Å². The minimum absolute atomic E-state index is 0.282. The molecule has 0 saturated heterocycles. The number of hydrogen-bond acceptors (Lipinski definition) is 2. The Morgan fingerprint density at radius 1 is 1.11 bits per heavy atom. The van der Waals surface area contributed by atoms with Crippen LogP contribution < -0.4 is 5.73 Å². The molecule has 0 aliphatic heterocycles. The fraction of sp³-hybridized carbons (Fsp3) is 0.412. The summed E-state index contributed by atoms with van der Waals surface area (Å²) in [7, 11) is 0. The van der Waals surface area contributed by atoms with Gasteiger partial charge in [-0.2, -0.15) is 0 Å². The molecule has 19 heavy (non-hydrogen) atoms. The summed E-state index contributed by atoms with van der Waals surface area (Å²) in [5.74, 6) is 0.384. The normalized spacial score (nSPS) is 19.1. The SMILES string of the molecule is Cc1ccc([C@H](N)[C@H](O)C2CCC2)c2ccccc12. The predicted octanol–water partition coefficient (Wildman–Crippen LogP) is 3.31. The van der Waals surface area contributed by atoms with Crippen molar-refractivity contribution in [3.63, 3.8) is 0 Å². The molecule has 0 spiro atoms. The Kier molecular flexibility index (Phi) is 3.29. The zero-order chi connectivity index (χ0) is 13.4. The maximum atomic E-state index is 10.4. The molecular weight excluding hydrogens is 234 g/mol. The van der Waals surface area contributed by atoms with Crippen molar-refractivity contribution in [1.82, 2.24) is 0 Å². The summed E-state index contributed by atoms with van der Waals surface area (Å²) < 4.78 is 0. The minimum atomic E-state index is -0.417. The highest BCUT2D eigenvalue weighted by atomic mass is 16.3. The predicted molar refractivity (Wildman–Crippen MR) is 79.0 cm³/mol. The van der Waals surface area contributed by atoms with Gasteiger partial charge in [-0.3, -0.25) is 0 Å². The van der Waals surface area contributed by atoms with Gasteiger partial charge in [-0.25, -0.2) is 0 Å². The van der Waals surface area contributed by atoms with Crippen LogP contribution in [0.1, 0.15) is 36.4 Å². The van der Waals surface area contributed by atoms with E-state index in [0.29, 0.717) is 5.92 Å². The molecule has 1 aliphatic carbocycles. The second-order valence-corrected chi connectivity index (χ2v) is 5.72. The highest BCUT2D eigenvalue weighted by Gasteiger charge is 2.31. The summed E-state index contributed by atoms with van der Waals surface area (Å²) in [6.45, 7) is 2.11. The van der Waals surface area contributed by atoms with E-state index >= 15 is 0 Å². The Labute approximate surface area is 114 Å². The molecule has 1 fully saturated rings. The summed E-state index contributed by atoms with van der Waals surface area (Å²) in [6, 6.07) is 12.2. The number of aryl methyl sites for hydroxylation is 1. The van der Waals surface area contributed by atoms with Crippen molar-refractivity contribution in [1.29, 1.82) is 0 Å². The summed E-state index contributed by atoms with van der Waals surface area (Å²) in [5, 5.41) is 12.8. The van der Waals surface area contributed by atoms with Crippen molar-refractivity contribution < 1.29 is 5.11 Å². The first-order chi connectivity index (χ1) is 9.18. The van der Waals surface area contributed by atoms with Crippen LogP contribution in [0.5, 0.6) is 0 Å². The number of fused-ring (bicyclic) bond motifs is 1. The van der Waals surface area contributed by atoms with Gasteiger partial charge in [0.25, 0.3) is 0 Å². The summed E-state index contributed by atoms with van der Waals surface area (Å²) in [6.07, 6.45) is 3.03. The Morgan fingerprint density at radius 2 is 1.79 bits per heavy atom. The van der Waals surface area contributed by atoms with Crippen LogP contribution in [-0.2, 0) is 0 Å². The van der Waals surface area contributed by atoms with Crippen LogP contribution in [0.2, 0.25) is 0 Å². The van der Waals surface area contributed by atoms with Crippen LogP contribution in [0.4, 0.5) is 0 Å². The molecule has 2 aromatic rings. The number of aliphatic hydroxyl groups is 1. The minimum Gasteiger partial charge on any atom is -0.391 e. The van der Waals surface area contributed by atoms with Crippen molar-refractivity contribution in [2.24, 2.45) is 11.7 Å². The third kappa shape index (κ3) is 2.15. The van der Waals surface area contributed by atoms with Crippen LogP contribution >= 0.6 is 0 Å². The molecule has 2 heteroatoms. The largest absolute Gasteiger partial charge is 0.391 e. The van der Waals surface area contributed by atoms with Crippen molar-refractivity contribution in [2.75, 3.05) is 0 Å². The van der Waals surface area contributed by atoms with Crippen LogP contribution in [0.3, 0.4) is 0 Å². The van der Waals surface area contributed by atoms with E-state index in [4.69, 9.17) is 5.73 Å². The van der Waals surface area contributed by atoms with Crippen molar-refractivity contribution in [3.8, 4) is 0 Å². The number of hydrogen-bond donors (Lipinski definition) is 2. The molecule has 2 atom stereocenters. The molecule has 2 nitrogen and oxygen atoms in total. The third-order valence-corrected chi connectivity index (χ3v) is 4.54. The zero-order valence-corrected chi connectivity index (χ0v) is 11.3. The molecular formula is C17H21NO. The quantitative estimate of drug-likeness (QED) is 0.884. The Bertz CT molecular complexity index is 589. The van der Waals surface area contributed by atoms with E-state index in [0.717, 1.165) is 18.4 Å². The lowest BCUT2D eigenvalue weighted by Crippen LogP contribution is -2.36. The summed E-state index contributed by atoms with van der Waals surface area (Å²) in [5.41, 5.74) is 8.64. The van der Waals surface area contributed by atoms with Crippen molar-refractivity contribution >= 4 is 10.8 Å². The van der Waals surface area contributed by atoms with Gasteiger partial charge in [0.15, 0.2) is 0 Å². The first-order valence-electron chi connectivity index (χ1n) is 7.10. The Balaban J connectivity index is 2.02. The van der Waals surface area contributed by atoms with Gasteiger partial charge in [-0.15, -0.1) is 0 Å². The average Bonchev–Trinajstić information content (AvgIpc) is 2.37. The van der Waals surface area contributed by atoms with Gasteiger partial charge in [0.1, 0.15) is 0 Å². The van der Waals surface area contributed by atoms with Gasteiger partial charge in [-0.1, -0.05) is 42.8 Å². The molecule has 1 saturated carbocycles. The second kappa shape index (κ2) is 4.95. The lowest BCUT2D eigenvalue weighted by molar-refractivity contribution is 0.0417. The van der Waals surface area contributed by atoms with Gasteiger partial charge < -0.3 is 10.8 Å². The fourth-order valence-electron chi connectivity index (χ4n) is 3.02. The smallest absolute Gasteiger partial charge is 0.0761 e. The van der Waals surface area contributed by atoms with E-state index in [9.17, 15) is 5.11 Å². The molecule has 0 amide bonds. The number of benzene rings is 2. The van der Waals surface area contributed by atoms with E-state index in [1.165, 1.54) is 22.8 Å². The van der Waals surface area contributed by atoms with E-state index < -0.39 is 6.10 Å². The fourth-order valence-corrected chi connectivity index (χ4v) is 3.02. The van der Waals surface area contributed by atoms with E-state index in [2.05, 4.69) is 31.2 Å². The lowest BCUT2D eigenvalue weighted by Gasteiger charge is -2.34. The van der Waals surface area contributed by atoms with Gasteiger partial charge in [-0.05, 0) is 47.6 Å². The topological polar surface area (TPSA) is 46.2 Å². The Hall–Kier alpha value is -1.38. The van der Waals surface area contributed by atoms with E-state index in [1.807, 2.05) is 12.1 Å². The first-order valence-corrected chi connectivity index (χ1v) is 7.10. The molecule has 3 rings (SSSR count). The highest BCUT2D eigenvalue weighted by Crippen LogP contribution is 2.36. The third-order valence-electron chi connectivity index (χ3n) is 4.54. The summed E-state index contributed by atoms with van der Waals surface area (Å²) >= 11 is 0. The molecule has 0 radical (unpaired) electrons. The standard InChI is InChI=1S/C17H21NO/c1-11-9-10-15(14-8-3-2-7-13(11)14)16(18)17(19)12-5-4-6-12/h2-3,7-10,12,16-17,19H,4-6,18H2,1H3/t16-,17+/m0/s1. The van der Waals surface area contributed by atoms with Crippen LogP contribution in [0, 0.1) is 12.8 Å². The van der Waals surface area contributed by atoms with Gasteiger partial charge in [0.05, 0.1) is 12.1 Å². The number of nitrogens with two attached hydrogens (primary N) is 1. The van der Waals surface area contributed by atoms with E-state index in [-0.39, 0.29) is 6.04 Å². The summed E-state index contributed by atoms with van der Waals surface area (Å²) in [4.78, 5) is 0. The first kappa shape index (κ1) is 12.6. The second-order valence-electron chi connectivity index (χ2n) is 5.72. The molecule has 0 bridgehead atoms. The van der Waals surface area contributed by atoms with Crippen LogP contribution in [0.25, 0.3) is 10.8 Å². The average molecular weight is 255 g/mol. The molecule has 2 aromatic carbocycles. The van der Waals surface area contributed by atoms with Crippen LogP contribution in [-0.4, -0.2) is 11.2 Å². The zero-order valence-electron chi connectivity index (χ0n) is 11.3. The van der Waals surface area contributed by atoms with Crippen molar-refractivity contribution in [2.45, 2.75) is 38.3 Å². The van der Waals surface area contributed by atoms with Crippen LogP contribution in [0.15, 0.2) is 36.4 Å². The molecule has 1 aliphatic rings. The van der Waals surface area contributed by atoms with E-state index in [1.54, 1.807) is 0 Å². The van der Waals surface area contributed by atoms with Gasteiger partial charge in [0, 0.05) is 0 Å². The molecule has 0 unspecified atom stereocenters. The number of aliphatic hydroxyl groups excluding tert-OH is 1. The highest BCUT2D eigenvalue weighted by molar-refractivity contribution is 5.88. The van der Waals surface area contributed by atoms with Crippen molar-refractivity contribution in [3.05, 3.63) is 47.5 Å².